The molecule has 1 aromatic carbocycles. The molecule has 1 heterocycles. The van der Waals surface area contributed by atoms with Crippen molar-refractivity contribution in [2.75, 3.05) is 12.3 Å². The minimum absolute atomic E-state index is 0.0994. The first kappa shape index (κ1) is 17.1. The Balaban J connectivity index is 1.82. The van der Waals surface area contributed by atoms with Crippen LogP contribution in [0.2, 0.25) is 0 Å². The third-order valence-corrected chi connectivity index (χ3v) is 5.43. The number of hydrogen-bond donors (Lipinski definition) is 1. The van der Waals surface area contributed by atoms with E-state index in [4.69, 9.17) is 5.73 Å². The van der Waals surface area contributed by atoms with Crippen molar-refractivity contribution in [1.29, 1.82) is 0 Å². The first-order chi connectivity index (χ1) is 11.1. The number of carbonyl (C=O) groups excluding carboxylic acids is 1. The maximum absolute atomic E-state index is 12.9. The standard InChI is InChI=1S/C18H23F3N2O/c1-17(2)10-23(13-6-3-11(4-7-13)18(19,20)21)16(24)14-9-12(22)5-8-15(14)17/h5,8-9,11,13H,3-4,6-7,10,22H2,1-2H3. The fourth-order valence-electron chi connectivity index (χ4n) is 4.08. The van der Waals surface area contributed by atoms with Crippen LogP contribution >= 0.6 is 0 Å². The van der Waals surface area contributed by atoms with E-state index >= 15 is 0 Å². The molecule has 0 radical (unpaired) electrons. The molecule has 0 aromatic heterocycles. The topological polar surface area (TPSA) is 46.3 Å². The molecule has 2 aliphatic rings. The lowest BCUT2D eigenvalue weighted by Gasteiger charge is -2.45. The molecule has 1 amide bonds. The van der Waals surface area contributed by atoms with Gasteiger partial charge in [0.15, 0.2) is 0 Å². The molecule has 2 N–H and O–H groups in total. The van der Waals surface area contributed by atoms with E-state index in [2.05, 4.69) is 13.8 Å². The highest BCUT2D eigenvalue weighted by Gasteiger charge is 2.45. The minimum Gasteiger partial charge on any atom is -0.399 e. The second-order valence-electron chi connectivity index (χ2n) is 7.67. The Hall–Kier alpha value is -1.72. The molecule has 3 nitrogen and oxygen atoms in total. The first-order valence-corrected chi connectivity index (χ1v) is 8.37. The van der Waals surface area contributed by atoms with Crippen molar-refractivity contribution in [2.45, 2.75) is 57.2 Å². The summed E-state index contributed by atoms with van der Waals surface area (Å²) < 4.78 is 38.6. The molecule has 1 fully saturated rings. The van der Waals surface area contributed by atoms with Gasteiger partial charge in [-0.1, -0.05) is 19.9 Å². The number of nitrogens with zero attached hydrogens (tertiary/aromatic N) is 1. The van der Waals surface area contributed by atoms with Crippen molar-refractivity contribution in [3.8, 4) is 0 Å². The number of alkyl halides is 3. The van der Waals surface area contributed by atoms with Crippen LogP contribution in [0.25, 0.3) is 0 Å². The highest BCUT2D eigenvalue weighted by molar-refractivity contribution is 5.98. The molecule has 1 aliphatic heterocycles. The van der Waals surface area contributed by atoms with Crippen LogP contribution in [0.15, 0.2) is 18.2 Å². The van der Waals surface area contributed by atoms with E-state index in [1.807, 2.05) is 6.07 Å². The van der Waals surface area contributed by atoms with Gasteiger partial charge in [-0.15, -0.1) is 0 Å². The van der Waals surface area contributed by atoms with Gasteiger partial charge in [0.25, 0.3) is 5.91 Å². The van der Waals surface area contributed by atoms with Gasteiger partial charge in [0, 0.05) is 29.3 Å². The average Bonchev–Trinajstić information content (AvgIpc) is 2.50. The van der Waals surface area contributed by atoms with E-state index in [0.717, 1.165) is 5.56 Å². The summed E-state index contributed by atoms with van der Waals surface area (Å²) in [4.78, 5) is 14.7. The summed E-state index contributed by atoms with van der Waals surface area (Å²) in [6, 6.07) is 5.25. The van der Waals surface area contributed by atoms with Gasteiger partial charge in [-0.25, -0.2) is 0 Å². The molecule has 3 rings (SSSR count). The molecule has 1 aromatic rings. The van der Waals surface area contributed by atoms with Gasteiger partial charge in [0.2, 0.25) is 0 Å². The Morgan fingerprint density at radius 3 is 2.38 bits per heavy atom. The molecule has 0 unspecified atom stereocenters. The molecule has 0 atom stereocenters. The van der Waals surface area contributed by atoms with Crippen LogP contribution in [0, 0.1) is 5.92 Å². The van der Waals surface area contributed by atoms with Crippen LogP contribution in [-0.4, -0.2) is 29.6 Å². The van der Waals surface area contributed by atoms with E-state index in [0.29, 0.717) is 30.6 Å². The molecule has 6 heteroatoms. The van der Waals surface area contributed by atoms with Crippen molar-refractivity contribution in [2.24, 2.45) is 5.92 Å². The van der Waals surface area contributed by atoms with Gasteiger partial charge in [-0.3, -0.25) is 4.79 Å². The highest BCUT2D eigenvalue weighted by atomic mass is 19.4. The molecule has 24 heavy (non-hydrogen) atoms. The predicted molar refractivity (Wildman–Crippen MR) is 86.7 cm³/mol. The summed E-state index contributed by atoms with van der Waals surface area (Å²) in [6.45, 7) is 4.65. The Kier molecular flexibility index (Phi) is 4.04. The number of benzene rings is 1. The number of amides is 1. The number of rotatable bonds is 1. The zero-order valence-corrected chi connectivity index (χ0v) is 14.0. The number of anilines is 1. The molecule has 132 valence electrons. The van der Waals surface area contributed by atoms with E-state index < -0.39 is 12.1 Å². The maximum Gasteiger partial charge on any atom is 0.391 e. The van der Waals surface area contributed by atoms with Gasteiger partial charge >= 0.3 is 6.18 Å². The fourth-order valence-corrected chi connectivity index (χ4v) is 4.08. The van der Waals surface area contributed by atoms with Gasteiger partial charge in [-0.05, 0) is 43.4 Å². The smallest absolute Gasteiger partial charge is 0.391 e. The summed E-state index contributed by atoms with van der Waals surface area (Å²) >= 11 is 0. The van der Waals surface area contributed by atoms with Gasteiger partial charge in [-0.2, -0.15) is 13.2 Å². The Bertz CT molecular complexity index is 646. The quantitative estimate of drug-likeness (QED) is 0.782. The lowest BCUT2D eigenvalue weighted by atomic mass is 9.76. The predicted octanol–water partition coefficient (Wildman–Crippen LogP) is 4.12. The number of hydrogen-bond acceptors (Lipinski definition) is 2. The number of nitrogen functional groups attached to an aromatic ring is 1. The van der Waals surface area contributed by atoms with Crippen molar-refractivity contribution >= 4 is 11.6 Å². The minimum atomic E-state index is -4.13. The molecule has 0 bridgehead atoms. The normalized spacial score (nSPS) is 27.0. The second kappa shape index (κ2) is 5.67. The molecular weight excluding hydrogens is 317 g/mol. The lowest BCUT2D eigenvalue weighted by molar-refractivity contribution is -0.184. The molecule has 1 aliphatic carbocycles. The van der Waals surface area contributed by atoms with Crippen LogP contribution in [0.3, 0.4) is 0 Å². The lowest BCUT2D eigenvalue weighted by Crippen LogP contribution is -2.52. The number of halogens is 3. The Labute approximate surface area is 140 Å². The summed E-state index contributed by atoms with van der Waals surface area (Å²) in [6.07, 6.45) is -3.12. The molecule has 0 saturated heterocycles. The maximum atomic E-state index is 12.9. The van der Waals surface area contributed by atoms with E-state index in [-0.39, 0.29) is 30.2 Å². The van der Waals surface area contributed by atoms with Crippen LogP contribution in [0.1, 0.15) is 55.5 Å². The van der Waals surface area contributed by atoms with Crippen LogP contribution in [0.5, 0.6) is 0 Å². The zero-order valence-electron chi connectivity index (χ0n) is 14.0. The highest BCUT2D eigenvalue weighted by Crippen LogP contribution is 2.41. The summed E-state index contributed by atoms with van der Waals surface area (Å²) in [5, 5.41) is 0. The van der Waals surface area contributed by atoms with Crippen LogP contribution in [0.4, 0.5) is 18.9 Å². The third kappa shape index (κ3) is 2.98. The molecular formula is C18H23F3N2O. The SMILES string of the molecule is CC1(C)CN(C2CCC(C(F)(F)F)CC2)C(=O)c2cc(N)ccc21. The fraction of sp³-hybridized carbons (Fsp3) is 0.611. The van der Waals surface area contributed by atoms with Gasteiger partial charge < -0.3 is 10.6 Å². The van der Waals surface area contributed by atoms with Gasteiger partial charge in [0.1, 0.15) is 0 Å². The van der Waals surface area contributed by atoms with Crippen LogP contribution in [-0.2, 0) is 5.41 Å². The monoisotopic (exact) mass is 340 g/mol. The number of carbonyl (C=O) groups is 1. The average molecular weight is 340 g/mol. The number of fused-ring (bicyclic) bond motifs is 1. The third-order valence-electron chi connectivity index (χ3n) is 5.43. The molecule has 0 spiro atoms. The van der Waals surface area contributed by atoms with Gasteiger partial charge in [0.05, 0.1) is 5.92 Å². The first-order valence-electron chi connectivity index (χ1n) is 8.37. The largest absolute Gasteiger partial charge is 0.399 e. The number of nitrogens with two attached hydrogens (primary N) is 1. The Morgan fingerprint density at radius 1 is 1.17 bits per heavy atom. The zero-order chi connectivity index (χ0) is 17.7. The van der Waals surface area contributed by atoms with Crippen molar-refractivity contribution in [1.82, 2.24) is 4.90 Å². The Morgan fingerprint density at radius 2 is 1.79 bits per heavy atom. The van der Waals surface area contributed by atoms with E-state index in [1.165, 1.54) is 0 Å². The van der Waals surface area contributed by atoms with E-state index in [1.54, 1.807) is 17.0 Å². The second-order valence-corrected chi connectivity index (χ2v) is 7.67. The van der Waals surface area contributed by atoms with E-state index in [9.17, 15) is 18.0 Å². The molecule has 1 saturated carbocycles. The summed E-state index contributed by atoms with van der Waals surface area (Å²) in [7, 11) is 0. The van der Waals surface area contributed by atoms with Crippen molar-refractivity contribution in [3.05, 3.63) is 29.3 Å². The van der Waals surface area contributed by atoms with Crippen molar-refractivity contribution in [3.63, 3.8) is 0 Å². The summed E-state index contributed by atoms with van der Waals surface area (Å²) in [5.74, 6) is -1.34. The van der Waals surface area contributed by atoms with Crippen LogP contribution < -0.4 is 5.73 Å². The summed E-state index contributed by atoms with van der Waals surface area (Å²) in [5.41, 5.74) is 7.66. The van der Waals surface area contributed by atoms with Crippen molar-refractivity contribution < 1.29 is 18.0 Å².